The fourth-order valence-corrected chi connectivity index (χ4v) is 3.99. The normalized spacial score (nSPS) is 14.3. The van der Waals surface area contributed by atoms with Crippen LogP contribution in [0.2, 0.25) is 0 Å². The Morgan fingerprint density at radius 2 is 2.03 bits per heavy atom. The quantitative estimate of drug-likeness (QED) is 0.552. The van der Waals surface area contributed by atoms with E-state index < -0.39 is 0 Å². The molecule has 0 spiro atoms. The highest BCUT2D eigenvalue weighted by molar-refractivity contribution is 7.13. The van der Waals surface area contributed by atoms with Crippen LogP contribution in [0.25, 0.3) is 21.8 Å². The lowest BCUT2D eigenvalue weighted by Crippen LogP contribution is -2.37. The van der Waals surface area contributed by atoms with Crippen molar-refractivity contribution in [2.24, 2.45) is 0 Å². The van der Waals surface area contributed by atoms with Gasteiger partial charge < -0.3 is 19.9 Å². The van der Waals surface area contributed by atoms with Crippen LogP contribution in [-0.4, -0.2) is 78.3 Å². The molecule has 0 amide bonds. The number of ether oxygens (including phenoxy) is 1. The molecule has 1 aliphatic rings. The van der Waals surface area contributed by atoms with Gasteiger partial charge in [0.15, 0.2) is 0 Å². The Bertz CT molecular complexity index is 942. The van der Waals surface area contributed by atoms with E-state index in [1.807, 2.05) is 18.3 Å². The molecule has 3 aromatic heterocycles. The maximum atomic E-state index is 5.45. The van der Waals surface area contributed by atoms with E-state index in [0.717, 1.165) is 60.4 Å². The van der Waals surface area contributed by atoms with Crippen molar-refractivity contribution in [3.8, 4) is 21.8 Å². The number of morpholine rings is 1. The molecule has 8 nitrogen and oxygen atoms in total. The van der Waals surface area contributed by atoms with Gasteiger partial charge in [-0.15, -0.1) is 11.3 Å². The summed E-state index contributed by atoms with van der Waals surface area (Å²) in [6.07, 6.45) is 4.70. The first-order valence-corrected chi connectivity index (χ1v) is 11.0. The second-order valence-electron chi connectivity index (χ2n) is 7.36. The molecule has 1 aliphatic heterocycles. The van der Waals surface area contributed by atoms with E-state index in [4.69, 9.17) is 14.7 Å². The van der Waals surface area contributed by atoms with Crippen LogP contribution in [0.4, 0.5) is 11.9 Å². The van der Waals surface area contributed by atoms with Crippen molar-refractivity contribution < 1.29 is 4.74 Å². The van der Waals surface area contributed by atoms with Crippen molar-refractivity contribution in [1.82, 2.24) is 24.8 Å². The molecular weight excluding hydrogens is 398 g/mol. The van der Waals surface area contributed by atoms with Crippen LogP contribution < -0.4 is 10.2 Å². The molecule has 0 radical (unpaired) electrons. The third kappa shape index (κ3) is 5.10. The number of rotatable bonds is 8. The van der Waals surface area contributed by atoms with Gasteiger partial charge in [-0.05, 0) is 44.6 Å². The molecule has 0 atom stereocenters. The van der Waals surface area contributed by atoms with Crippen molar-refractivity contribution in [3.63, 3.8) is 0 Å². The number of hydrogen-bond donors (Lipinski definition) is 1. The molecule has 30 heavy (non-hydrogen) atoms. The van der Waals surface area contributed by atoms with Gasteiger partial charge in [0.2, 0.25) is 11.9 Å². The lowest BCUT2D eigenvalue weighted by Gasteiger charge is -2.26. The molecule has 1 N–H and O–H groups in total. The van der Waals surface area contributed by atoms with Crippen LogP contribution in [-0.2, 0) is 4.74 Å². The molecule has 3 aromatic rings. The number of hydrogen-bond acceptors (Lipinski definition) is 9. The van der Waals surface area contributed by atoms with Crippen LogP contribution in [0.15, 0.2) is 36.0 Å². The molecule has 158 valence electrons. The molecule has 1 fully saturated rings. The van der Waals surface area contributed by atoms with Crippen LogP contribution >= 0.6 is 11.3 Å². The molecule has 0 unspecified atom stereocenters. The number of aromatic nitrogens is 4. The fraction of sp³-hybridized carbons (Fsp3) is 0.429. The summed E-state index contributed by atoms with van der Waals surface area (Å²) in [7, 11) is 4.15. The number of nitrogens with one attached hydrogen (secondary N) is 1. The maximum Gasteiger partial charge on any atom is 0.226 e. The molecule has 1 saturated heterocycles. The van der Waals surface area contributed by atoms with E-state index in [2.05, 4.69) is 50.6 Å². The Labute approximate surface area is 181 Å². The number of anilines is 2. The largest absolute Gasteiger partial charge is 0.378 e. The Morgan fingerprint density at radius 3 is 2.80 bits per heavy atom. The predicted molar refractivity (Wildman–Crippen MR) is 121 cm³/mol. The highest BCUT2D eigenvalue weighted by atomic mass is 32.1. The summed E-state index contributed by atoms with van der Waals surface area (Å²) in [4.78, 5) is 24.1. The van der Waals surface area contributed by atoms with Gasteiger partial charge in [-0.1, -0.05) is 6.07 Å². The van der Waals surface area contributed by atoms with Gasteiger partial charge in [-0.25, -0.2) is 19.9 Å². The molecule has 4 rings (SSSR count). The van der Waals surface area contributed by atoms with Gasteiger partial charge in [-0.2, -0.15) is 0 Å². The first-order chi connectivity index (χ1) is 14.7. The summed E-state index contributed by atoms with van der Waals surface area (Å²) in [6, 6.07) is 6.04. The summed E-state index contributed by atoms with van der Waals surface area (Å²) < 4.78 is 5.45. The summed E-state index contributed by atoms with van der Waals surface area (Å²) in [5, 5.41) is 5.41. The van der Waals surface area contributed by atoms with Crippen LogP contribution in [0.5, 0.6) is 0 Å². The molecule has 0 bridgehead atoms. The van der Waals surface area contributed by atoms with Crippen molar-refractivity contribution in [3.05, 3.63) is 36.0 Å². The lowest BCUT2D eigenvalue weighted by atomic mass is 10.1. The zero-order valence-electron chi connectivity index (χ0n) is 17.4. The second kappa shape index (κ2) is 9.92. The van der Waals surface area contributed by atoms with Crippen LogP contribution in [0.1, 0.15) is 6.42 Å². The minimum Gasteiger partial charge on any atom is -0.378 e. The van der Waals surface area contributed by atoms with Gasteiger partial charge in [0.05, 0.1) is 29.5 Å². The van der Waals surface area contributed by atoms with Crippen molar-refractivity contribution in [1.29, 1.82) is 0 Å². The van der Waals surface area contributed by atoms with E-state index in [1.165, 1.54) is 0 Å². The van der Waals surface area contributed by atoms with Gasteiger partial charge in [0.25, 0.3) is 0 Å². The summed E-state index contributed by atoms with van der Waals surface area (Å²) in [5.41, 5.74) is 2.63. The molecular formula is C21H27N7OS. The third-order valence-electron chi connectivity index (χ3n) is 4.82. The highest BCUT2D eigenvalue weighted by Crippen LogP contribution is 2.33. The average Bonchev–Trinajstić information content (AvgIpc) is 3.32. The molecule has 9 heteroatoms. The third-order valence-corrected chi connectivity index (χ3v) is 5.70. The fourth-order valence-electron chi connectivity index (χ4n) is 3.27. The standard InChI is InChI=1S/C21H27N7OS/c1-27(2)9-4-7-22-20-24-15-16(19(26-20)18-5-3-14-30-18)17-6-8-23-21(25-17)28-10-12-29-13-11-28/h3,5-6,8,14-15H,4,7,9-13H2,1-2H3,(H,22,24,26). The van der Waals surface area contributed by atoms with E-state index in [-0.39, 0.29) is 0 Å². The maximum absolute atomic E-state index is 5.45. The SMILES string of the molecule is CN(C)CCCNc1ncc(-c2ccnc(N3CCOCC3)n2)c(-c2cccs2)n1. The number of nitrogens with zero attached hydrogens (tertiary/aromatic N) is 6. The zero-order valence-corrected chi connectivity index (χ0v) is 18.2. The summed E-state index contributed by atoms with van der Waals surface area (Å²) >= 11 is 1.66. The van der Waals surface area contributed by atoms with Gasteiger partial charge in [0.1, 0.15) is 0 Å². The highest BCUT2D eigenvalue weighted by Gasteiger charge is 2.17. The minimum absolute atomic E-state index is 0.642. The topological polar surface area (TPSA) is 79.3 Å². The second-order valence-corrected chi connectivity index (χ2v) is 8.31. The molecule has 0 saturated carbocycles. The van der Waals surface area contributed by atoms with E-state index in [0.29, 0.717) is 19.2 Å². The predicted octanol–water partition coefficient (Wildman–Crippen LogP) is 2.86. The molecule has 0 aromatic carbocycles. The van der Waals surface area contributed by atoms with Crippen molar-refractivity contribution in [2.45, 2.75) is 6.42 Å². The molecule has 4 heterocycles. The van der Waals surface area contributed by atoms with Crippen molar-refractivity contribution >= 4 is 23.2 Å². The number of thiophene rings is 1. The average molecular weight is 426 g/mol. The van der Waals surface area contributed by atoms with Gasteiger partial charge in [-0.3, -0.25) is 0 Å². The smallest absolute Gasteiger partial charge is 0.226 e. The Kier molecular flexibility index (Phi) is 6.83. The minimum atomic E-state index is 0.642. The van der Waals surface area contributed by atoms with E-state index >= 15 is 0 Å². The van der Waals surface area contributed by atoms with Crippen LogP contribution in [0.3, 0.4) is 0 Å². The first kappa shape index (κ1) is 20.6. The molecule has 0 aliphatic carbocycles. The Hall–Kier alpha value is -2.62. The zero-order chi connectivity index (χ0) is 20.8. The van der Waals surface area contributed by atoms with E-state index in [9.17, 15) is 0 Å². The summed E-state index contributed by atoms with van der Waals surface area (Å²) in [6.45, 7) is 4.85. The van der Waals surface area contributed by atoms with Crippen LogP contribution in [0, 0.1) is 0 Å². The van der Waals surface area contributed by atoms with Gasteiger partial charge in [0, 0.05) is 37.6 Å². The van der Waals surface area contributed by atoms with Gasteiger partial charge >= 0.3 is 0 Å². The lowest BCUT2D eigenvalue weighted by molar-refractivity contribution is 0.122. The first-order valence-electron chi connectivity index (χ1n) is 10.2. The Morgan fingerprint density at radius 1 is 1.17 bits per heavy atom. The summed E-state index contributed by atoms with van der Waals surface area (Å²) in [5.74, 6) is 1.36. The van der Waals surface area contributed by atoms with E-state index in [1.54, 1.807) is 17.5 Å². The van der Waals surface area contributed by atoms with Crippen molar-refractivity contribution in [2.75, 3.05) is 63.7 Å². The monoisotopic (exact) mass is 425 g/mol. The Balaban J connectivity index is 1.61.